The highest BCUT2D eigenvalue weighted by Crippen LogP contribution is 2.20. The van der Waals surface area contributed by atoms with E-state index in [9.17, 15) is 4.39 Å². The van der Waals surface area contributed by atoms with E-state index in [-0.39, 0.29) is 5.82 Å². The lowest BCUT2D eigenvalue weighted by Crippen LogP contribution is -2.24. The lowest BCUT2D eigenvalue weighted by molar-refractivity contribution is 0.400. The van der Waals surface area contributed by atoms with Gasteiger partial charge in [-0.3, -0.25) is 0 Å². The molecule has 3 heteroatoms. The summed E-state index contributed by atoms with van der Waals surface area (Å²) in [6.07, 6.45) is 12.3. The van der Waals surface area contributed by atoms with Crippen molar-refractivity contribution in [3.8, 4) is 0 Å². The molecule has 0 spiro atoms. The zero-order chi connectivity index (χ0) is 16.1. The zero-order valence-corrected chi connectivity index (χ0v) is 13.4. The zero-order valence-electron chi connectivity index (χ0n) is 13.4. The Balaban J connectivity index is 2.10. The number of aryl methyl sites for hydroxylation is 1. The summed E-state index contributed by atoms with van der Waals surface area (Å²) in [7, 11) is 2.04. The molecule has 0 aromatic heterocycles. The van der Waals surface area contributed by atoms with Gasteiger partial charge in [0.2, 0.25) is 0 Å². The van der Waals surface area contributed by atoms with Crippen LogP contribution in [0.2, 0.25) is 0 Å². The predicted octanol–water partition coefficient (Wildman–Crippen LogP) is 3.85. The Morgan fingerprint density at radius 2 is 2.18 bits per heavy atom. The van der Waals surface area contributed by atoms with Gasteiger partial charge in [0.1, 0.15) is 5.82 Å². The fourth-order valence-electron chi connectivity index (χ4n) is 2.36. The number of hydrogen-bond donors (Lipinski definition) is 1. The van der Waals surface area contributed by atoms with Crippen molar-refractivity contribution < 1.29 is 4.39 Å². The number of rotatable bonds is 4. The normalized spacial score (nSPS) is 18.9. The maximum Gasteiger partial charge on any atom is 0.129 e. The van der Waals surface area contributed by atoms with Gasteiger partial charge in [-0.1, -0.05) is 42.5 Å². The first-order valence-electron chi connectivity index (χ1n) is 7.47. The Morgan fingerprint density at radius 1 is 1.41 bits per heavy atom. The Kier molecular flexibility index (Phi) is 5.21. The van der Waals surface area contributed by atoms with E-state index in [2.05, 4.69) is 30.2 Å². The summed E-state index contributed by atoms with van der Waals surface area (Å²) < 4.78 is 14.0. The molecule has 1 atom stereocenters. The minimum atomic E-state index is -0.129. The number of likely N-dealkylation sites (N-methyl/N-ethyl adjacent to an activating group) is 1. The fraction of sp³-hybridized carbons (Fsp3) is 0.263. The Hall–Kier alpha value is -2.29. The molecule has 22 heavy (non-hydrogen) atoms. The average molecular weight is 298 g/mol. The van der Waals surface area contributed by atoms with Crippen LogP contribution in [-0.4, -0.2) is 18.0 Å². The van der Waals surface area contributed by atoms with E-state index in [0.29, 0.717) is 23.6 Å². The maximum absolute atomic E-state index is 14.0. The molecule has 1 aliphatic heterocycles. The van der Waals surface area contributed by atoms with Crippen molar-refractivity contribution in [3.63, 3.8) is 0 Å². The quantitative estimate of drug-likeness (QED) is 0.856. The third-order valence-electron chi connectivity index (χ3n) is 3.96. The molecule has 1 heterocycles. The van der Waals surface area contributed by atoms with E-state index in [1.807, 2.05) is 31.3 Å². The molecular formula is C19H23FN2. The summed E-state index contributed by atoms with van der Waals surface area (Å²) in [5.74, 6) is -0.129. The Labute approximate surface area is 132 Å². The Bertz CT molecular complexity index is 653. The van der Waals surface area contributed by atoms with Crippen LogP contribution in [0, 0.1) is 12.7 Å². The number of nitrogens with zero attached hydrogens (tertiary/aromatic N) is 1. The standard InChI is InChI=1S/C19H23FN2/c1-14-6-4-7-16(19(14)20)8-5-9-17(12-21)18-11-10-15(2)22(3)13-18/h4-7,9-13,15H,8,21H2,1-3H3/b9-5-,17-12+. The number of benzene rings is 1. The van der Waals surface area contributed by atoms with Crippen LogP contribution in [0.3, 0.4) is 0 Å². The third kappa shape index (κ3) is 3.67. The van der Waals surface area contributed by atoms with Crippen LogP contribution in [0.4, 0.5) is 4.39 Å². The summed E-state index contributed by atoms with van der Waals surface area (Å²) in [4.78, 5) is 2.13. The Morgan fingerprint density at radius 3 is 2.86 bits per heavy atom. The third-order valence-corrected chi connectivity index (χ3v) is 3.96. The van der Waals surface area contributed by atoms with Crippen LogP contribution in [0.25, 0.3) is 0 Å². The van der Waals surface area contributed by atoms with Crippen LogP contribution < -0.4 is 5.73 Å². The van der Waals surface area contributed by atoms with Gasteiger partial charge in [-0.05, 0) is 42.5 Å². The van der Waals surface area contributed by atoms with E-state index < -0.39 is 0 Å². The van der Waals surface area contributed by atoms with Crippen molar-refractivity contribution in [2.45, 2.75) is 26.3 Å². The molecule has 0 bridgehead atoms. The van der Waals surface area contributed by atoms with Gasteiger partial charge in [0, 0.05) is 25.5 Å². The highest BCUT2D eigenvalue weighted by Gasteiger charge is 2.10. The van der Waals surface area contributed by atoms with E-state index in [4.69, 9.17) is 5.73 Å². The molecule has 1 unspecified atom stereocenters. The van der Waals surface area contributed by atoms with Gasteiger partial charge >= 0.3 is 0 Å². The van der Waals surface area contributed by atoms with Crippen LogP contribution in [-0.2, 0) is 6.42 Å². The van der Waals surface area contributed by atoms with Crippen molar-refractivity contribution in [2.75, 3.05) is 7.05 Å². The molecule has 0 radical (unpaired) electrons. The summed E-state index contributed by atoms with van der Waals surface area (Å²) in [6.45, 7) is 3.91. The first-order valence-corrected chi connectivity index (χ1v) is 7.47. The molecule has 2 nitrogen and oxygen atoms in total. The van der Waals surface area contributed by atoms with Crippen LogP contribution >= 0.6 is 0 Å². The predicted molar refractivity (Wildman–Crippen MR) is 90.7 cm³/mol. The summed E-state index contributed by atoms with van der Waals surface area (Å²) in [5, 5.41) is 0. The van der Waals surface area contributed by atoms with Crippen molar-refractivity contribution in [2.24, 2.45) is 5.73 Å². The first kappa shape index (κ1) is 16.1. The van der Waals surface area contributed by atoms with Gasteiger partial charge in [0.25, 0.3) is 0 Å². The first-order chi connectivity index (χ1) is 10.5. The molecule has 1 aromatic rings. The molecule has 0 amide bonds. The molecular weight excluding hydrogens is 275 g/mol. The van der Waals surface area contributed by atoms with Crippen LogP contribution in [0.1, 0.15) is 18.1 Å². The number of allylic oxidation sites excluding steroid dienone is 5. The SMILES string of the molecule is Cc1cccc(C/C=C\C(=C/N)C2=CN(C)C(C)C=C2)c1F. The largest absolute Gasteiger partial charge is 0.404 e. The van der Waals surface area contributed by atoms with Gasteiger partial charge in [0.15, 0.2) is 0 Å². The molecule has 0 saturated heterocycles. The van der Waals surface area contributed by atoms with Crippen LogP contribution in [0.15, 0.2) is 66.0 Å². The van der Waals surface area contributed by atoms with Gasteiger partial charge in [-0.2, -0.15) is 0 Å². The molecule has 0 aliphatic carbocycles. The number of halogens is 1. The maximum atomic E-state index is 14.0. The van der Waals surface area contributed by atoms with Crippen molar-refractivity contribution in [3.05, 3.63) is 83.0 Å². The molecule has 1 aliphatic rings. The summed E-state index contributed by atoms with van der Waals surface area (Å²) >= 11 is 0. The second kappa shape index (κ2) is 7.12. The molecule has 2 N–H and O–H groups in total. The van der Waals surface area contributed by atoms with Crippen molar-refractivity contribution in [1.82, 2.24) is 4.90 Å². The smallest absolute Gasteiger partial charge is 0.129 e. The van der Waals surface area contributed by atoms with Crippen molar-refractivity contribution >= 4 is 0 Å². The molecule has 116 valence electrons. The average Bonchev–Trinajstić information content (AvgIpc) is 2.51. The van der Waals surface area contributed by atoms with E-state index in [0.717, 1.165) is 11.1 Å². The number of hydrogen-bond acceptors (Lipinski definition) is 2. The molecule has 2 rings (SSSR count). The van der Waals surface area contributed by atoms with Gasteiger partial charge in [-0.25, -0.2) is 4.39 Å². The molecule has 0 saturated carbocycles. The van der Waals surface area contributed by atoms with E-state index in [1.165, 1.54) is 0 Å². The van der Waals surface area contributed by atoms with Crippen molar-refractivity contribution in [1.29, 1.82) is 0 Å². The summed E-state index contributed by atoms with van der Waals surface area (Å²) in [6, 6.07) is 5.85. The fourth-order valence-corrected chi connectivity index (χ4v) is 2.36. The lowest BCUT2D eigenvalue weighted by Gasteiger charge is -2.25. The van der Waals surface area contributed by atoms with Crippen LogP contribution in [0.5, 0.6) is 0 Å². The minimum Gasteiger partial charge on any atom is -0.404 e. The van der Waals surface area contributed by atoms with Gasteiger partial charge in [-0.15, -0.1) is 0 Å². The molecule has 1 aromatic carbocycles. The van der Waals surface area contributed by atoms with Gasteiger partial charge < -0.3 is 10.6 Å². The second-order valence-electron chi connectivity index (χ2n) is 5.63. The second-order valence-corrected chi connectivity index (χ2v) is 5.63. The van der Waals surface area contributed by atoms with E-state index >= 15 is 0 Å². The highest BCUT2D eigenvalue weighted by atomic mass is 19.1. The highest BCUT2D eigenvalue weighted by molar-refractivity contribution is 5.47. The number of nitrogens with two attached hydrogens (primary N) is 1. The monoisotopic (exact) mass is 298 g/mol. The van der Waals surface area contributed by atoms with E-state index in [1.54, 1.807) is 19.2 Å². The minimum absolute atomic E-state index is 0.129. The lowest BCUT2D eigenvalue weighted by atomic mass is 10.0. The van der Waals surface area contributed by atoms with Gasteiger partial charge in [0.05, 0.1) is 0 Å². The molecule has 0 fully saturated rings. The summed E-state index contributed by atoms with van der Waals surface area (Å²) in [5.41, 5.74) is 9.10. The topological polar surface area (TPSA) is 29.3 Å².